The molecule has 0 spiro atoms. The minimum Gasteiger partial charge on any atom is -0.353 e. The van der Waals surface area contributed by atoms with Gasteiger partial charge in [0.25, 0.3) is 0 Å². The van der Waals surface area contributed by atoms with Crippen molar-refractivity contribution in [2.24, 2.45) is 4.99 Å². The molecule has 5 rings (SSSR count). The van der Waals surface area contributed by atoms with E-state index in [1.807, 2.05) is 24.0 Å². The molecule has 1 fully saturated rings. The Morgan fingerprint density at radius 3 is 2.73 bits per heavy atom. The lowest BCUT2D eigenvalue weighted by molar-refractivity contribution is -0.121. The minimum atomic E-state index is 0.118. The highest BCUT2D eigenvalue weighted by Crippen LogP contribution is 2.34. The summed E-state index contributed by atoms with van der Waals surface area (Å²) >= 11 is 0. The zero-order valence-electron chi connectivity index (χ0n) is 17.1. The number of carbonyl (C=O) groups excluding carboxylic acids is 1. The molecule has 2 aliphatic rings. The van der Waals surface area contributed by atoms with E-state index < -0.39 is 0 Å². The SMILES string of the molecule is CCC(=O)N[C@H]1CC[C@@H](n2nncc2-c2ccc(-c3ccc4c(c3)C=NC4)cc2)C1. The maximum atomic E-state index is 11.7. The van der Waals surface area contributed by atoms with Gasteiger partial charge in [-0.1, -0.05) is 48.5 Å². The van der Waals surface area contributed by atoms with Crippen LogP contribution in [0.15, 0.2) is 53.7 Å². The average Bonchev–Trinajstić information content (AvgIpc) is 3.53. The Labute approximate surface area is 176 Å². The van der Waals surface area contributed by atoms with Gasteiger partial charge in [0.2, 0.25) is 5.91 Å². The van der Waals surface area contributed by atoms with Crippen molar-refractivity contribution in [2.75, 3.05) is 0 Å². The molecule has 0 bridgehead atoms. The normalized spacial score (nSPS) is 19.8. The Morgan fingerprint density at radius 2 is 1.90 bits per heavy atom. The van der Waals surface area contributed by atoms with Crippen LogP contribution in [0.1, 0.15) is 49.8 Å². The van der Waals surface area contributed by atoms with Gasteiger partial charge in [0.15, 0.2) is 0 Å². The molecule has 0 unspecified atom stereocenters. The maximum absolute atomic E-state index is 11.7. The molecular weight excluding hydrogens is 374 g/mol. The summed E-state index contributed by atoms with van der Waals surface area (Å²) in [6, 6.07) is 15.6. The molecule has 3 aromatic rings. The van der Waals surface area contributed by atoms with E-state index >= 15 is 0 Å². The summed E-state index contributed by atoms with van der Waals surface area (Å²) in [6.45, 7) is 2.67. The van der Waals surface area contributed by atoms with Crippen LogP contribution in [0.2, 0.25) is 0 Å². The van der Waals surface area contributed by atoms with E-state index in [-0.39, 0.29) is 18.0 Å². The van der Waals surface area contributed by atoms with Crippen molar-refractivity contribution < 1.29 is 4.79 Å². The topological polar surface area (TPSA) is 72.2 Å². The Bertz CT molecular complexity index is 1100. The molecule has 1 saturated carbocycles. The summed E-state index contributed by atoms with van der Waals surface area (Å²) in [5, 5.41) is 11.7. The summed E-state index contributed by atoms with van der Waals surface area (Å²) in [6.07, 6.45) is 7.19. The highest BCUT2D eigenvalue weighted by Gasteiger charge is 2.29. The van der Waals surface area contributed by atoms with Gasteiger partial charge in [-0.15, -0.1) is 5.10 Å². The first-order chi connectivity index (χ1) is 14.7. The first-order valence-corrected chi connectivity index (χ1v) is 10.6. The molecule has 1 N–H and O–H groups in total. The first kappa shape index (κ1) is 18.7. The van der Waals surface area contributed by atoms with E-state index in [4.69, 9.17) is 0 Å². The van der Waals surface area contributed by atoms with Gasteiger partial charge < -0.3 is 5.32 Å². The summed E-state index contributed by atoms with van der Waals surface area (Å²) in [7, 11) is 0. The lowest BCUT2D eigenvalue weighted by atomic mass is 9.99. The molecule has 1 aliphatic carbocycles. The monoisotopic (exact) mass is 399 g/mol. The van der Waals surface area contributed by atoms with Crippen LogP contribution >= 0.6 is 0 Å². The second-order valence-electron chi connectivity index (χ2n) is 8.11. The van der Waals surface area contributed by atoms with Crippen LogP contribution in [0, 0.1) is 0 Å². The van der Waals surface area contributed by atoms with Crippen molar-refractivity contribution in [3.8, 4) is 22.4 Å². The molecule has 2 aromatic carbocycles. The number of nitrogens with zero attached hydrogens (tertiary/aromatic N) is 4. The lowest BCUT2D eigenvalue weighted by Crippen LogP contribution is -2.32. The smallest absolute Gasteiger partial charge is 0.219 e. The van der Waals surface area contributed by atoms with E-state index in [2.05, 4.69) is 63.1 Å². The molecule has 0 saturated heterocycles. The van der Waals surface area contributed by atoms with Gasteiger partial charge in [-0.3, -0.25) is 9.79 Å². The predicted molar refractivity (Wildman–Crippen MR) is 117 cm³/mol. The first-order valence-electron chi connectivity index (χ1n) is 10.6. The molecule has 0 radical (unpaired) electrons. The van der Waals surface area contributed by atoms with E-state index in [0.717, 1.165) is 37.1 Å². The summed E-state index contributed by atoms with van der Waals surface area (Å²) in [5.41, 5.74) is 7.01. The van der Waals surface area contributed by atoms with Crippen LogP contribution in [0.25, 0.3) is 22.4 Å². The largest absolute Gasteiger partial charge is 0.353 e. The number of nitrogens with one attached hydrogen (secondary N) is 1. The van der Waals surface area contributed by atoms with E-state index in [1.54, 1.807) is 0 Å². The summed E-state index contributed by atoms with van der Waals surface area (Å²) in [5.74, 6) is 0.118. The Balaban J connectivity index is 1.34. The third kappa shape index (κ3) is 3.54. The van der Waals surface area contributed by atoms with E-state index in [0.29, 0.717) is 6.42 Å². The molecule has 152 valence electrons. The molecule has 1 aromatic heterocycles. The molecule has 1 aliphatic heterocycles. The quantitative estimate of drug-likeness (QED) is 0.700. The Kier molecular flexibility index (Phi) is 4.91. The highest BCUT2D eigenvalue weighted by atomic mass is 16.1. The molecule has 6 heteroatoms. The minimum absolute atomic E-state index is 0.118. The third-order valence-electron chi connectivity index (χ3n) is 6.16. The number of carbonyl (C=O) groups is 1. The number of amides is 1. The predicted octanol–water partition coefficient (Wildman–Crippen LogP) is 4.16. The van der Waals surface area contributed by atoms with Gasteiger partial charge in [-0.25, -0.2) is 4.68 Å². The molecule has 1 amide bonds. The number of rotatable bonds is 5. The Hall–Kier alpha value is -3.28. The molecule has 6 nitrogen and oxygen atoms in total. The van der Waals surface area contributed by atoms with Crippen molar-refractivity contribution in [3.63, 3.8) is 0 Å². The number of aliphatic imine (C=N–C) groups is 1. The van der Waals surface area contributed by atoms with Crippen LogP contribution in [-0.4, -0.2) is 33.2 Å². The third-order valence-corrected chi connectivity index (χ3v) is 6.16. The van der Waals surface area contributed by atoms with Gasteiger partial charge in [-0.2, -0.15) is 0 Å². The number of benzene rings is 2. The molecule has 2 atom stereocenters. The number of hydrogen-bond acceptors (Lipinski definition) is 4. The molecule has 30 heavy (non-hydrogen) atoms. The van der Waals surface area contributed by atoms with Crippen molar-refractivity contribution >= 4 is 12.1 Å². The average molecular weight is 399 g/mol. The fourth-order valence-electron chi connectivity index (χ4n) is 4.48. The Morgan fingerprint density at radius 1 is 1.10 bits per heavy atom. The van der Waals surface area contributed by atoms with Gasteiger partial charge in [-0.05, 0) is 47.6 Å². The van der Waals surface area contributed by atoms with Gasteiger partial charge in [0.05, 0.1) is 24.5 Å². The fraction of sp³-hybridized carbons (Fsp3) is 0.333. The van der Waals surface area contributed by atoms with Gasteiger partial charge in [0.1, 0.15) is 0 Å². The zero-order chi connectivity index (χ0) is 20.5. The van der Waals surface area contributed by atoms with Crippen LogP contribution in [0.5, 0.6) is 0 Å². The second-order valence-corrected chi connectivity index (χ2v) is 8.11. The second kappa shape index (κ2) is 7.86. The van der Waals surface area contributed by atoms with Gasteiger partial charge in [0, 0.05) is 24.2 Å². The summed E-state index contributed by atoms with van der Waals surface area (Å²) in [4.78, 5) is 16.0. The van der Waals surface area contributed by atoms with Crippen LogP contribution < -0.4 is 5.32 Å². The maximum Gasteiger partial charge on any atom is 0.219 e. The zero-order valence-corrected chi connectivity index (χ0v) is 17.1. The van der Waals surface area contributed by atoms with Crippen molar-refractivity contribution in [1.82, 2.24) is 20.3 Å². The van der Waals surface area contributed by atoms with Crippen LogP contribution in [0.4, 0.5) is 0 Å². The van der Waals surface area contributed by atoms with E-state index in [9.17, 15) is 4.79 Å². The summed E-state index contributed by atoms with van der Waals surface area (Å²) < 4.78 is 2.03. The van der Waals surface area contributed by atoms with Crippen molar-refractivity contribution in [3.05, 3.63) is 59.8 Å². The fourth-order valence-corrected chi connectivity index (χ4v) is 4.48. The molecular formula is C24H25N5O. The number of fused-ring (bicyclic) bond motifs is 1. The van der Waals surface area contributed by atoms with Crippen LogP contribution in [-0.2, 0) is 11.3 Å². The van der Waals surface area contributed by atoms with Crippen molar-refractivity contribution in [1.29, 1.82) is 0 Å². The number of aromatic nitrogens is 3. The lowest BCUT2D eigenvalue weighted by Gasteiger charge is -2.15. The number of hydrogen-bond donors (Lipinski definition) is 1. The van der Waals surface area contributed by atoms with Crippen LogP contribution in [0.3, 0.4) is 0 Å². The van der Waals surface area contributed by atoms with E-state index in [1.165, 1.54) is 22.3 Å². The molecule has 2 heterocycles. The standard InChI is InChI=1S/C24H25N5O/c1-2-24(30)27-21-9-10-22(12-21)29-23(15-26-28-29)17-5-3-16(4-6-17)18-7-8-19-13-25-14-20(19)11-18/h3-8,11,14-15,21-22H,2,9-10,12-13H2,1H3,(H,27,30)/t21-,22+/m0/s1. The van der Waals surface area contributed by atoms with Crippen molar-refractivity contribution in [2.45, 2.75) is 51.2 Å². The highest BCUT2D eigenvalue weighted by molar-refractivity contribution is 5.87. The van der Waals surface area contributed by atoms with Gasteiger partial charge >= 0.3 is 0 Å².